The number of hydrogen-bond donors (Lipinski definition) is 5. The number of fused-ring (bicyclic) bond motifs is 5. The molecule has 3 aromatic carbocycles. The van der Waals surface area contributed by atoms with Crippen LogP contribution in [-0.2, 0) is 16.1 Å². The summed E-state index contributed by atoms with van der Waals surface area (Å²) in [5.41, 5.74) is -1.58. The van der Waals surface area contributed by atoms with Gasteiger partial charge in [0, 0.05) is 27.3 Å². The minimum Gasteiger partial charge on any atom is -1.00 e. The molecule has 0 amide bonds. The van der Waals surface area contributed by atoms with Crippen LogP contribution >= 0.6 is 11.6 Å². The largest absolute Gasteiger partial charge is 1.00 e. The van der Waals surface area contributed by atoms with Gasteiger partial charge >= 0.3 is 0 Å². The number of alkyl halides is 1. The summed E-state index contributed by atoms with van der Waals surface area (Å²) in [6.45, 7) is 15.3. The van der Waals surface area contributed by atoms with Crippen LogP contribution in [0, 0.1) is 35.5 Å². The Hall–Kier alpha value is -3.57. The number of rotatable bonds is 16. The Labute approximate surface area is 431 Å². The highest BCUT2D eigenvalue weighted by Gasteiger charge is 2.75. The molecular weight excluding hydrogens is 925 g/mol. The number of aliphatic hydroxyl groups is 3. The lowest BCUT2D eigenvalue weighted by Crippen LogP contribution is -3.00. The van der Waals surface area contributed by atoms with Crippen molar-refractivity contribution < 1.29 is 56.4 Å². The number of ketones is 2. The van der Waals surface area contributed by atoms with Gasteiger partial charge in [-0.3, -0.25) is 9.59 Å². The van der Waals surface area contributed by atoms with Crippen LogP contribution in [0.25, 0.3) is 0 Å². The maximum absolute atomic E-state index is 16.9. The summed E-state index contributed by atoms with van der Waals surface area (Å²) in [5, 5.41) is 50.8. The van der Waals surface area contributed by atoms with Crippen LogP contribution in [0.3, 0.4) is 0 Å². The summed E-state index contributed by atoms with van der Waals surface area (Å²) >= 11 is 5.50. The number of phenols is 2. The van der Waals surface area contributed by atoms with Crippen molar-refractivity contribution >= 4 is 23.2 Å². The van der Waals surface area contributed by atoms with Crippen LogP contribution < -0.4 is 12.4 Å². The Balaban J connectivity index is 0.000000272. The van der Waals surface area contributed by atoms with E-state index in [9.17, 15) is 30.0 Å². The van der Waals surface area contributed by atoms with Crippen LogP contribution in [0.15, 0.2) is 96.6 Å². The molecule has 70 heavy (non-hydrogen) atoms. The third kappa shape index (κ3) is 14.6. The van der Waals surface area contributed by atoms with Crippen molar-refractivity contribution in [3.63, 3.8) is 0 Å². The predicted molar refractivity (Wildman–Crippen MR) is 279 cm³/mol. The minimum atomic E-state index is -1.98. The highest BCUT2D eigenvalue weighted by atomic mass is 35.5. The first-order valence-corrected chi connectivity index (χ1v) is 26.2. The van der Waals surface area contributed by atoms with Gasteiger partial charge in [-0.1, -0.05) is 152 Å². The lowest BCUT2D eigenvalue weighted by atomic mass is 9.44. The van der Waals surface area contributed by atoms with Crippen LogP contribution in [-0.4, -0.2) is 86.2 Å². The van der Waals surface area contributed by atoms with Gasteiger partial charge in [-0.25, -0.2) is 4.39 Å². The van der Waals surface area contributed by atoms with E-state index in [0.717, 1.165) is 22.2 Å². The van der Waals surface area contributed by atoms with E-state index in [0.29, 0.717) is 41.5 Å². The van der Waals surface area contributed by atoms with Crippen LogP contribution in [0.1, 0.15) is 154 Å². The van der Waals surface area contributed by atoms with Crippen molar-refractivity contribution in [2.45, 2.75) is 168 Å². The zero-order chi connectivity index (χ0) is 51.2. The molecule has 0 aliphatic heterocycles. The van der Waals surface area contributed by atoms with E-state index < -0.39 is 52.4 Å². The predicted octanol–water partition coefficient (Wildman–Crippen LogP) is 9.95. The Bertz CT molecular complexity index is 2140. The molecule has 7 rings (SSSR count). The maximum Gasteiger partial charge on any atom is 0.190 e. The molecule has 390 valence electrons. The summed E-state index contributed by atoms with van der Waals surface area (Å²) < 4.78 is 18.0. The topological polar surface area (TPSA) is 135 Å². The fourth-order valence-corrected chi connectivity index (χ4v) is 12.2. The fraction of sp³-hybridized carbons (Fsp3) is 0.593. The van der Waals surface area contributed by atoms with Crippen molar-refractivity contribution in [3.8, 4) is 11.5 Å². The Morgan fingerprint density at radius 2 is 1.47 bits per heavy atom. The molecule has 4 aliphatic carbocycles. The van der Waals surface area contributed by atoms with E-state index in [2.05, 4.69) is 65.2 Å². The van der Waals surface area contributed by atoms with Gasteiger partial charge in [0.05, 0.1) is 26.7 Å². The van der Waals surface area contributed by atoms with Crippen molar-refractivity contribution in [1.82, 2.24) is 0 Å². The van der Waals surface area contributed by atoms with Gasteiger partial charge in [0.2, 0.25) is 0 Å². The number of quaternary nitrogens is 1. The second-order valence-electron chi connectivity index (χ2n) is 21.9. The number of Topliss-reactive ketones (excluding diaryl/α,β-unsaturated/α-hetero) is 1. The number of aromatic hydroxyl groups is 2. The van der Waals surface area contributed by atoms with E-state index in [1.165, 1.54) is 88.5 Å². The van der Waals surface area contributed by atoms with Gasteiger partial charge in [0.25, 0.3) is 0 Å². The van der Waals surface area contributed by atoms with Crippen LogP contribution in [0.4, 0.5) is 4.39 Å². The van der Waals surface area contributed by atoms with Gasteiger partial charge in [-0.2, -0.15) is 0 Å². The molecule has 4 aliphatic rings. The first-order chi connectivity index (χ1) is 32.5. The molecular formula is C59H86Cl2FNO7. The maximum atomic E-state index is 16.9. The number of phenolic OH excluding ortho intramolecular Hbond substituents is 2. The summed E-state index contributed by atoms with van der Waals surface area (Å²) in [6.07, 6.45) is 18.7. The number of allylic oxidation sites excluding steroid dienone is 4. The van der Waals surface area contributed by atoms with E-state index in [1.807, 2.05) is 19.1 Å². The molecule has 5 N–H and O–H groups in total. The zero-order valence-corrected chi connectivity index (χ0v) is 45.2. The lowest BCUT2D eigenvalue weighted by Gasteiger charge is -2.62. The number of halogens is 3. The lowest BCUT2D eigenvalue weighted by molar-refractivity contribution is -0.903. The fourth-order valence-electron chi connectivity index (χ4n) is 12.0. The summed E-state index contributed by atoms with van der Waals surface area (Å²) in [7, 11) is 4.72. The minimum absolute atomic E-state index is 0. The molecule has 0 aromatic heterocycles. The molecule has 0 heterocycles. The van der Waals surface area contributed by atoms with Gasteiger partial charge in [-0.15, -0.1) is 0 Å². The highest BCUT2D eigenvalue weighted by Crippen LogP contribution is 2.70. The summed E-state index contributed by atoms with van der Waals surface area (Å²) in [6, 6.07) is 23.1. The van der Waals surface area contributed by atoms with Crippen molar-refractivity contribution in [2.75, 3.05) is 27.2 Å². The number of carbonyl (C=O) groups excluding carboxylic acids is 2. The average Bonchev–Trinajstić information content (AvgIpc) is 3.50. The zero-order valence-electron chi connectivity index (χ0n) is 43.7. The van der Waals surface area contributed by atoms with Crippen LogP contribution in [0.5, 0.6) is 11.5 Å². The summed E-state index contributed by atoms with van der Waals surface area (Å²) in [5.74, 6) is -1.06. The van der Waals surface area contributed by atoms with E-state index in [4.69, 9.17) is 16.7 Å². The van der Waals surface area contributed by atoms with Crippen LogP contribution in [0.2, 0.25) is 5.02 Å². The van der Waals surface area contributed by atoms with Gasteiger partial charge in [0.15, 0.2) is 17.2 Å². The van der Waals surface area contributed by atoms with Crippen molar-refractivity contribution in [1.29, 1.82) is 0 Å². The number of nitrogens with zero attached hydrogens (tertiary/aromatic N) is 1. The first-order valence-electron chi connectivity index (χ1n) is 25.8. The first kappa shape index (κ1) is 60.7. The number of aryl methyl sites for hydroxylation is 1. The third-order valence-corrected chi connectivity index (χ3v) is 16.2. The molecule has 3 aromatic rings. The number of hydrogen-bond acceptors (Lipinski definition) is 7. The molecule has 3 unspecified atom stereocenters. The number of aliphatic hydroxyl groups excluding tert-OH is 2. The molecule has 3 saturated carbocycles. The van der Waals surface area contributed by atoms with Crippen molar-refractivity contribution in [3.05, 3.63) is 118 Å². The number of unbranched alkanes of at least 4 members (excludes halogenated alkanes) is 9. The van der Waals surface area contributed by atoms with E-state index in [-0.39, 0.29) is 36.3 Å². The average molecular weight is 1010 g/mol. The van der Waals surface area contributed by atoms with Crippen molar-refractivity contribution in [2.24, 2.45) is 28.6 Å². The Morgan fingerprint density at radius 3 is 2.01 bits per heavy atom. The molecule has 8 nitrogen and oxygen atoms in total. The molecule has 0 bridgehead atoms. The molecule has 0 radical (unpaired) electrons. The molecule has 0 spiro atoms. The molecule has 0 saturated heterocycles. The third-order valence-electron chi connectivity index (χ3n) is 16.0. The van der Waals surface area contributed by atoms with E-state index in [1.54, 1.807) is 57.2 Å². The monoisotopic (exact) mass is 1010 g/mol. The quantitative estimate of drug-likeness (QED) is 0.0713. The number of benzene rings is 3. The normalized spacial score (nSPS) is 27.4. The summed E-state index contributed by atoms with van der Waals surface area (Å²) in [4.78, 5) is 24.4. The highest BCUT2D eigenvalue weighted by molar-refractivity contribution is 6.30. The van der Waals surface area contributed by atoms with Gasteiger partial charge < -0.3 is 42.4 Å². The molecule has 11 heteroatoms. The van der Waals surface area contributed by atoms with Gasteiger partial charge in [-0.05, 0) is 124 Å². The second-order valence-corrected chi connectivity index (χ2v) is 22.4. The SMILES string of the molecule is CC1C[C@H]2[C@@H]3CCC4=CC(=O)C=C[C@]4(C)C3(F)C(O)C[C@]2(C)[C@@]1(O)C(=O)CO.CCCCCCCCCCCC[N+](C)(C)Cc1ccccc1.Cc1ccc(C(C)C)c(O)c1.Oc1ccc(Cl)cc1.[Cl-]. The molecule has 8 atom stereocenters. The second kappa shape index (κ2) is 26.9. The number of carbonyl (C=O) groups is 2. The van der Waals surface area contributed by atoms with Gasteiger partial charge in [0.1, 0.15) is 30.3 Å². The smallest absolute Gasteiger partial charge is 0.190 e. The Kier molecular flexibility index (Phi) is 23.4. The molecule has 3 fully saturated rings. The Morgan fingerprint density at radius 1 is 0.886 bits per heavy atom. The standard InChI is InChI=1S/C22H29FO5.C21H38N.C10H14O.C6H5ClO.ClH/c1-12-8-16-15-5-4-13-9-14(25)6-7-19(13,2)21(15,23)17(26)10-20(16,3)22(12,28)18(27)11-24;1-4-5-6-7-8-9-10-11-12-16-19-22(2,3)20-21-17-14-13-15-18-21;1-7(2)9-5-4-8(3)6-10(9)11;7-5-1-3-6(8)4-2-5;/h6-7,9,12,15-17,24,26,28H,4-5,8,10-11H2,1-3H3;13-15,17-18H,4-12,16,19-20H2,1-3H3;4-7,11H,1-3H3;1-4,8H;1H/q;+1;;;/p-1/t12?,15-,16-,17?,19-,20-,21?,22-;;;;/m0..../s1. The van der Waals surface area contributed by atoms with E-state index >= 15 is 4.39 Å².